The number of carbonyl (C=O) groups is 1. The number of amides is 1. The van der Waals surface area contributed by atoms with Crippen LogP contribution < -0.4 is 9.62 Å². The summed E-state index contributed by atoms with van der Waals surface area (Å²) in [5.74, 6) is -0.0420. The minimum absolute atomic E-state index is 0.0591. The molecule has 1 aromatic rings. The van der Waals surface area contributed by atoms with Crippen LogP contribution in [0.25, 0.3) is 0 Å². The van der Waals surface area contributed by atoms with E-state index in [1.165, 1.54) is 7.05 Å². The number of aromatic nitrogens is 2. The molecule has 1 fully saturated rings. The third-order valence-corrected chi connectivity index (χ3v) is 4.83. The van der Waals surface area contributed by atoms with Gasteiger partial charge in [-0.1, -0.05) is 0 Å². The number of nitrogens with one attached hydrogen (secondary N) is 1. The maximum absolute atomic E-state index is 12.1. The summed E-state index contributed by atoms with van der Waals surface area (Å²) >= 11 is 0. The van der Waals surface area contributed by atoms with E-state index < -0.39 is 21.7 Å². The lowest BCUT2D eigenvalue weighted by molar-refractivity contribution is -0.129. The second-order valence-electron chi connectivity index (χ2n) is 5.47. The Labute approximate surface area is 129 Å². The second-order valence-corrected chi connectivity index (χ2v) is 7.40. The number of rotatable bonds is 5. The van der Waals surface area contributed by atoms with E-state index in [0.29, 0.717) is 24.9 Å². The molecule has 1 unspecified atom stereocenters. The number of likely N-dealkylation sites (tertiary alicyclic amines) is 1. The number of anilines is 1. The summed E-state index contributed by atoms with van der Waals surface area (Å²) < 4.78 is 30.3. The summed E-state index contributed by atoms with van der Waals surface area (Å²) in [6.45, 7) is 0.941. The Hall–Kier alpha value is -1.68. The van der Waals surface area contributed by atoms with Gasteiger partial charge in [0.15, 0.2) is 0 Å². The van der Waals surface area contributed by atoms with Gasteiger partial charge < -0.3 is 14.3 Å². The summed E-state index contributed by atoms with van der Waals surface area (Å²) in [6.07, 6.45) is 1.60. The monoisotopic (exact) mass is 331 g/mol. The maximum Gasteiger partial charge on any atom is 0.265 e. The van der Waals surface area contributed by atoms with Crippen molar-refractivity contribution in [3.05, 3.63) is 5.89 Å². The minimum Gasteiger partial charge on any atom is -0.344 e. The summed E-state index contributed by atoms with van der Waals surface area (Å²) in [7, 11) is 1.36. The molecule has 0 saturated carbocycles. The minimum atomic E-state index is -3.56. The molecule has 2 rings (SSSR count). The fourth-order valence-electron chi connectivity index (χ4n) is 2.31. The molecule has 1 N–H and O–H groups in total. The smallest absolute Gasteiger partial charge is 0.265 e. The van der Waals surface area contributed by atoms with Crippen molar-refractivity contribution in [1.29, 1.82) is 0 Å². The Morgan fingerprint density at radius 1 is 1.50 bits per heavy atom. The average molecular weight is 331 g/mol. The number of sulfonamides is 1. The van der Waals surface area contributed by atoms with Crippen molar-refractivity contribution in [2.45, 2.75) is 18.8 Å². The van der Waals surface area contributed by atoms with E-state index in [4.69, 9.17) is 4.52 Å². The first-order valence-corrected chi connectivity index (χ1v) is 8.67. The van der Waals surface area contributed by atoms with Crippen molar-refractivity contribution >= 4 is 21.9 Å². The first-order valence-electron chi connectivity index (χ1n) is 7.02. The van der Waals surface area contributed by atoms with Crippen molar-refractivity contribution in [2.24, 2.45) is 0 Å². The van der Waals surface area contributed by atoms with Gasteiger partial charge in [0.1, 0.15) is 5.75 Å². The molecule has 0 spiro atoms. The van der Waals surface area contributed by atoms with E-state index in [1.54, 1.807) is 9.80 Å². The van der Waals surface area contributed by atoms with E-state index in [9.17, 15) is 13.2 Å². The lowest BCUT2D eigenvalue weighted by atomic mass is 9.98. The lowest BCUT2D eigenvalue weighted by Gasteiger charge is -2.30. The third-order valence-electron chi connectivity index (χ3n) is 3.58. The fourth-order valence-corrected chi connectivity index (χ4v) is 2.96. The molecule has 0 radical (unpaired) electrons. The molecule has 0 aliphatic carbocycles. The van der Waals surface area contributed by atoms with Gasteiger partial charge in [-0.2, -0.15) is 4.98 Å². The van der Waals surface area contributed by atoms with Gasteiger partial charge in [-0.05, 0) is 25.0 Å². The number of nitrogens with zero attached hydrogens (tertiary/aromatic N) is 4. The first kappa shape index (κ1) is 16.7. The second kappa shape index (κ2) is 6.61. The number of hydrogen-bond acceptors (Lipinski definition) is 7. The predicted molar refractivity (Wildman–Crippen MR) is 80.0 cm³/mol. The van der Waals surface area contributed by atoms with Crippen molar-refractivity contribution in [2.75, 3.05) is 44.9 Å². The normalized spacial score (nSPS) is 19.2. The van der Waals surface area contributed by atoms with Crippen molar-refractivity contribution < 1.29 is 17.7 Å². The number of piperidine rings is 1. The summed E-state index contributed by atoms with van der Waals surface area (Å²) in [5.41, 5.74) is 0. The van der Waals surface area contributed by atoms with Crippen LogP contribution in [-0.2, 0) is 14.8 Å². The Balaban J connectivity index is 2.03. The van der Waals surface area contributed by atoms with E-state index in [1.807, 2.05) is 14.1 Å². The number of hydrogen-bond donors (Lipinski definition) is 1. The molecule has 1 aliphatic heterocycles. The van der Waals surface area contributed by atoms with Gasteiger partial charge in [-0.15, -0.1) is 0 Å². The fraction of sp³-hybridized carbons (Fsp3) is 0.750. The molecule has 2 heterocycles. The molecule has 9 nitrogen and oxygen atoms in total. The zero-order valence-corrected chi connectivity index (χ0v) is 13.8. The van der Waals surface area contributed by atoms with E-state index in [2.05, 4.69) is 14.9 Å². The topological polar surface area (TPSA) is 109 Å². The molecular weight excluding hydrogens is 310 g/mol. The first-order chi connectivity index (χ1) is 10.3. The molecule has 1 aromatic heterocycles. The van der Waals surface area contributed by atoms with Crippen LogP contribution in [0.5, 0.6) is 0 Å². The highest BCUT2D eigenvalue weighted by Crippen LogP contribution is 2.26. The molecule has 10 heteroatoms. The quantitative estimate of drug-likeness (QED) is 0.766. The zero-order valence-electron chi connectivity index (χ0n) is 12.9. The van der Waals surface area contributed by atoms with Gasteiger partial charge in [0, 0.05) is 27.2 Å². The molecule has 0 bridgehead atoms. The van der Waals surface area contributed by atoms with Crippen LogP contribution in [0.3, 0.4) is 0 Å². The molecule has 1 aliphatic rings. The van der Waals surface area contributed by atoms with Crippen molar-refractivity contribution in [3.8, 4) is 0 Å². The molecule has 1 amide bonds. The molecule has 124 valence electrons. The van der Waals surface area contributed by atoms with E-state index in [0.717, 1.165) is 12.8 Å². The summed E-state index contributed by atoms with van der Waals surface area (Å²) in [4.78, 5) is 19.7. The SMILES string of the molecule is CNS(=O)(=O)CC(=O)N1CCCC(c2nc(N(C)C)no2)C1. The molecule has 1 saturated heterocycles. The highest BCUT2D eigenvalue weighted by Gasteiger charge is 2.30. The maximum atomic E-state index is 12.1. The van der Waals surface area contributed by atoms with Crippen molar-refractivity contribution in [3.63, 3.8) is 0 Å². The van der Waals surface area contributed by atoms with Gasteiger partial charge in [0.2, 0.25) is 21.8 Å². The van der Waals surface area contributed by atoms with Crippen LogP contribution in [0.15, 0.2) is 4.52 Å². The highest BCUT2D eigenvalue weighted by molar-refractivity contribution is 7.90. The van der Waals surface area contributed by atoms with Crippen LogP contribution in [0.4, 0.5) is 5.95 Å². The summed E-state index contributed by atoms with van der Waals surface area (Å²) in [5, 5.41) is 3.86. The van der Waals surface area contributed by atoms with Crippen LogP contribution in [0.2, 0.25) is 0 Å². The van der Waals surface area contributed by atoms with Gasteiger partial charge in [0.05, 0.1) is 5.92 Å². The highest BCUT2D eigenvalue weighted by atomic mass is 32.2. The largest absolute Gasteiger partial charge is 0.344 e. The standard InChI is InChI=1S/C12H21N5O4S/c1-13-22(19,20)8-10(18)17-6-4-5-9(7-17)11-14-12(15-21-11)16(2)3/h9,13H,4-8H2,1-3H3. The van der Waals surface area contributed by atoms with Gasteiger partial charge in [0.25, 0.3) is 5.95 Å². The van der Waals surface area contributed by atoms with Crippen LogP contribution in [0, 0.1) is 0 Å². The van der Waals surface area contributed by atoms with Gasteiger partial charge in [-0.3, -0.25) is 4.79 Å². The van der Waals surface area contributed by atoms with E-state index in [-0.39, 0.29) is 5.92 Å². The third kappa shape index (κ3) is 3.95. The lowest BCUT2D eigenvalue weighted by Crippen LogP contribution is -2.43. The zero-order chi connectivity index (χ0) is 16.3. The molecule has 0 aromatic carbocycles. The van der Waals surface area contributed by atoms with Crippen LogP contribution in [0.1, 0.15) is 24.7 Å². The molecule has 22 heavy (non-hydrogen) atoms. The van der Waals surface area contributed by atoms with Crippen molar-refractivity contribution in [1.82, 2.24) is 19.8 Å². The molecular formula is C12H21N5O4S. The molecule has 1 atom stereocenters. The Bertz CT molecular complexity index is 627. The Kier molecular flexibility index (Phi) is 5.01. The average Bonchev–Trinajstić information content (AvgIpc) is 2.97. The van der Waals surface area contributed by atoms with Crippen LogP contribution in [-0.4, -0.2) is 69.4 Å². The summed E-state index contributed by atoms with van der Waals surface area (Å²) in [6, 6.07) is 0. The number of carbonyl (C=O) groups excluding carboxylic acids is 1. The van der Waals surface area contributed by atoms with Crippen LogP contribution >= 0.6 is 0 Å². The van der Waals surface area contributed by atoms with E-state index >= 15 is 0 Å². The predicted octanol–water partition coefficient (Wildman–Crippen LogP) is -0.609. The van der Waals surface area contributed by atoms with Gasteiger partial charge >= 0.3 is 0 Å². The Morgan fingerprint density at radius 2 is 2.23 bits per heavy atom. The van der Waals surface area contributed by atoms with Gasteiger partial charge in [-0.25, -0.2) is 13.1 Å². The Morgan fingerprint density at radius 3 is 2.82 bits per heavy atom.